The van der Waals surface area contributed by atoms with Gasteiger partial charge in [-0.2, -0.15) is 0 Å². The quantitative estimate of drug-likeness (QED) is 0.849. The van der Waals surface area contributed by atoms with Gasteiger partial charge in [-0.15, -0.1) is 0 Å². The summed E-state index contributed by atoms with van der Waals surface area (Å²) in [7, 11) is 0. The first-order valence-electron chi connectivity index (χ1n) is 7.12. The van der Waals surface area contributed by atoms with E-state index in [0.717, 1.165) is 11.6 Å². The number of nitrogens with one attached hydrogen (secondary N) is 1. The Hall–Kier alpha value is -2.11. The Bertz CT molecular complexity index is 676. The number of amides is 1. The molecule has 2 rings (SSSR count). The van der Waals surface area contributed by atoms with Crippen LogP contribution in [0.15, 0.2) is 42.5 Å². The number of anilines is 1. The number of ether oxygens (including phenoxy) is 1. The third-order valence-electron chi connectivity index (χ3n) is 3.19. The van der Waals surface area contributed by atoms with E-state index in [0.29, 0.717) is 12.1 Å². The van der Waals surface area contributed by atoms with Crippen molar-refractivity contribution in [2.75, 3.05) is 11.9 Å². The van der Waals surface area contributed by atoms with Crippen molar-refractivity contribution in [3.8, 4) is 5.75 Å². The Morgan fingerprint density at radius 1 is 1.30 bits per heavy atom. The molecule has 0 fully saturated rings. The second kappa shape index (κ2) is 7.94. The third-order valence-corrected chi connectivity index (χ3v) is 3.48. The molecule has 0 saturated heterocycles. The van der Waals surface area contributed by atoms with Gasteiger partial charge in [0.2, 0.25) is 0 Å². The number of rotatable bonds is 6. The van der Waals surface area contributed by atoms with Gasteiger partial charge in [0.1, 0.15) is 11.6 Å². The van der Waals surface area contributed by atoms with Crippen LogP contribution in [0, 0.1) is 5.82 Å². The van der Waals surface area contributed by atoms with Gasteiger partial charge in [0.05, 0.1) is 5.02 Å². The summed E-state index contributed by atoms with van der Waals surface area (Å²) in [5.41, 5.74) is 1.60. The predicted molar refractivity (Wildman–Crippen MR) is 87.4 cm³/mol. The molecule has 23 heavy (non-hydrogen) atoms. The van der Waals surface area contributed by atoms with Gasteiger partial charge < -0.3 is 15.2 Å². The highest BCUT2D eigenvalue weighted by Crippen LogP contribution is 2.26. The first kappa shape index (κ1) is 17.2. The minimum Gasteiger partial charge on any atom is -0.479 e. The van der Waals surface area contributed by atoms with E-state index < -0.39 is 11.9 Å². The molecule has 0 radical (unpaired) electrons. The van der Waals surface area contributed by atoms with Crippen LogP contribution >= 0.6 is 11.6 Å². The average Bonchev–Trinajstić information content (AvgIpc) is 2.52. The second-order valence-corrected chi connectivity index (χ2v) is 5.40. The van der Waals surface area contributed by atoms with Gasteiger partial charge in [-0.1, -0.05) is 23.7 Å². The van der Waals surface area contributed by atoms with E-state index in [-0.39, 0.29) is 23.3 Å². The molecule has 0 aliphatic heterocycles. The summed E-state index contributed by atoms with van der Waals surface area (Å²) < 4.78 is 18.4. The van der Waals surface area contributed by atoms with Crippen LogP contribution in [-0.2, 0) is 11.2 Å². The Morgan fingerprint density at radius 2 is 2.00 bits per heavy atom. The number of aliphatic hydroxyl groups excluding tert-OH is 1. The Labute approximate surface area is 138 Å². The van der Waals surface area contributed by atoms with E-state index in [1.807, 2.05) is 12.1 Å². The van der Waals surface area contributed by atoms with Crippen LogP contribution in [0.1, 0.15) is 12.5 Å². The van der Waals surface area contributed by atoms with E-state index in [1.54, 1.807) is 19.1 Å². The smallest absolute Gasteiger partial charge is 0.265 e. The van der Waals surface area contributed by atoms with Crippen molar-refractivity contribution >= 4 is 23.2 Å². The van der Waals surface area contributed by atoms with E-state index in [9.17, 15) is 9.18 Å². The van der Waals surface area contributed by atoms with E-state index in [1.165, 1.54) is 12.1 Å². The molecular weight excluding hydrogens is 321 g/mol. The van der Waals surface area contributed by atoms with Crippen molar-refractivity contribution in [3.63, 3.8) is 0 Å². The second-order valence-electron chi connectivity index (χ2n) is 4.99. The van der Waals surface area contributed by atoms with E-state index >= 15 is 0 Å². The van der Waals surface area contributed by atoms with Crippen molar-refractivity contribution in [1.29, 1.82) is 0 Å². The topological polar surface area (TPSA) is 58.6 Å². The monoisotopic (exact) mass is 337 g/mol. The molecule has 0 spiro atoms. The molecule has 0 aliphatic carbocycles. The molecule has 1 amide bonds. The number of hydrogen-bond acceptors (Lipinski definition) is 3. The predicted octanol–water partition coefficient (Wildman–Crippen LogP) is 3.42. The molecule has 4 nitrogen and oxygen atoms in total. The zero-order valence-electron chi connectivity index (χ0n) is 12.6. The number of hydrogen-bond donors (Lipinski definition) is 2. The van der Waals surface area contributed by atoms with Crippen molar-refractivity contribution in [1.82, 2.24) is 0 Å². The van der Waals surface area contributed by atoms with E-state index in [2.05, 4.69) is 5.32 Å². The molecule has 0 aliphatic rings. The number of halogens is 2. The molecule has 6 heteroatoms. The van der Waals surface area contributed by atoms with Crippen molar-refractivity contribution in [3.05, 3.63) is 58.9 Å². The summed E-state index contributed by atoms with van der Waals surface area (Å²) in [6.45, 7) is 1.66. The van der Waals surface area contributed by atoms with Gasteiger partial charge >= 0.3 is 0 Å². The Morgan fingerprint density at radius 3 is 2.61 bits per heavy atom. The molecule has 0 aromatic heterocycles. The maximum Gasteiger partial charge on any atom is 0.265 e. The lowest BCUT2D eigenvalue weighted by Gasteiger charge is -2.15. The SMILES string of the molecule is CC(Oc1ccc(F)cc1Cl)C(=O)Nc1ccc(CCO)cc1. The highest BCUT2D eigenvalue weighted by molar-refractivity contribution is 6.32. The standard InChI is InChI=1S/C17H17ClFNO3/c1-11(23-16-7-4-13(19)10-15(16)18)17(22)20-14-5-2-12(3-6-14)8-9-21/h2-7,10-11,21H,8-9H2,1H3,(H,20,22). The Balaban J connectivity index is 1.96. The van der Waals surface area contributed by atoms with Crippen molar-refractivity contribution < 1.29 is 19.0 Å². The molecule has 0 saturated carbocycles. The van der Waals surface area contributed by atoms with Crippen LogP contribution in [0.2, 0.25) is 5.02 Å². The zero-order valence-corrected chi connectivity index (χ0v) is 13.3. The number of carbonyl (C=O) groups excluding carboxylic acids is 1. The first-order chi connectivity index (χ1) is 11.0. The lowest BCUT2D eigenvalue weighted by atomic mass is 10.1. The Kier molecular flexibility index (Phi) is 5.96. The van der Waals surface area contributed by atoms with Gasteiger partial charge in [-0.25, -0.2) is 4.39 Å². The summed E-state index contributed by atoms with van der Waals surface area (Å²) in [5.74, 6) is -0.572. The van der Waals surface area contributed by atoms with E-state index in [4.69, 9.17) is 21.4 Å². The van der Waals surface area contributed by atoms with Crippen LogP contribution in [0.3, 0.4) is 0 Å². The normalized spacial score (nSPS) is 11.8. The van der Waals surface area contributed by atoms with Crippen LogP contribution in [0.5, 0.6) is 5.75 Å². The van der Waals surface area contributed by atoms with Gasteiger partial charge in [-0.3, -0.25) is 4.79 Å². The fraction of sp³-hybridized carbons (Fsp3) is 0.235. The van der Waals surface area contributed by atoms with Gasteiger partial charge in [-0.05, 0) is 49.2 Å². The van der Waals surface area contributed by atoms with Crippen molar-refractivity contribution in [2.24, 2.45) is 0 Å². The maximum absolute atomic E-state index is 13.0. The number of benzene rings is 2. The lowest BCUT2D eigenvalue weighted by Crippen LogP contribution is -2.30. The molecule has 1 unspecified atom stereocenters. The summed E-state index contributed by atoms with van der Waals surface area (Å²) in [5, 5.41) is 11.7. The van der Waals surface area contributed by atoms with Crippen LogP contribution in [0.25, 0.3) is 0 Å². The van der Waals surface area contributed by atoms with Gasteiger partial charge in [0, 0.05) is 12.3 Å². The fourth-order valence-corrected chi connectivity index (χ4v) is 2.15. The summed E-state index contributed by atoms with van der Waals surface area (Å²) >= 11 is 5.87. The largest absolute Gasteiger partial charge is 0.479 e. The molecule has 2 N–H and O–H groups in total. The molecule has 0 heterocycles. The fourth-order valence-electron chi connectivity index (χ4n) is 1.94. The van der Waals surface area contributed by atoms with Crippen LogP contribution < -0.4 is 10.1 Å². The van der Waals surface area contributed by atoms with Crippen molar-refractivity contribution in [2.45, 2.75) is 19.4 Å². The van der Waals surface area contributed by atoms with Crippen LogP contribution in [-0.4, -0.2) is 23.7 Å². The molecule has 1 atom stereocenters. The molecule has 122 valence electrons. The summed E-state index contributed by atoms with van der Waals surface area (Å²) in [6, 6.07) is 10.9. The molecule has 0 bridgehead atoms. The first-order valence-corrected chi connectivity index (χ1v) is 7.50. The molecule has 2 aromatic rings. The lowest BCUT2D eigenvalue weighted by molar-refractivity contribution is -0.122. The molecule has 2 aromatic carbocycles. The van der Waals surface area contributed by atoms with Gasteiger partial charge in [0.15, 0.2) is 6.10 Å². The van der Waals surface area contributed by atoms with Gasteiger partial charge in [0.25, 0.3) is 5.91 Å². The zero-order chi connectivity index (χ0) is 16.8. The third kappa shape index (κ3) is 4.94. The highest BCUT2D eigenvalue weighted by atomic mass is 35.5. The summed E-state index contributed by atoms with van der Waals surface area (Å²) in [6.07, 6.45) is -0.230. The molecular formula is C17H17ClFNO3. The van der Waals surface area contributed by atoms with Crippen LogP contribution in [0.4, 0.5) is 10.1 Å². The highest BCUT2D eigenvalue weighted by Gasteiger charge is 2.16. The average molecular weight is 338 g/mol. The minimum absolute atomic E-state index is 0.0784. The maximum atomic E-state index is 13.0. The number of carbonyl (C=O) groups is 1. The number of aliphatic hydroxyl groups is 1. The summed E-state index contributed by atoms with van der Waals surface area (Å²) in [4.78, 5) is 12.1. The minimum atomic E-state index is -0.796.